The van der Waals surface area contributed by atoms with Gasteiger partial charge in [0, 0.05) is 26.3 Å². The number of benzene rings is 3. The molecule has 0 radical (unpaired) electrons. The van der Waals surface area contributed by atoms with E-state index in [4.69, 9.17) is 47.0 Å². The number of nitrogens with zero attached hydrogens (tertiary/aromatic N) is 2. The average molecular weight is 548 g/mol. The predicted octanol–water partition coefficient (Wildman–Crippen LogP) is 5.32. The number of amides is 3. The second-order valence-corrected chi connectivity index (χ2v) is 9.20. The van der Waals surface area contributed by atoms with Gasteiger partial charge in [-0.1, -0.05) is 34.8 Å². The molecule has 3 aromatic rings. The molecule has 4 rings (SSSR count). The summed E-state index contributed by atoms with van der Waals surface area (Å²) in [5.74, 6) is -1.44. The van der Waals surface area contributed by atoms with Crippen molar-refractivity contribution < 1.29 is 14.4 Å². The molecule has 1 atom stereocenters. The predicted molar refractivity (Wildman–Crippen MR) is 141 cm³/mol. The monoisotopic (exact) mass is 546 g/mol. The standard InChI is InChI=1S/C24H17Cl3N4O3S/c25-15-3-1-14(2-4-15)22(33)29-31-20(13-21(32)28-18-9-5-16(26)6-10-18)23(34)30(24(31)35)19-11-7-17(27)8-12-19/h1-12,20H,13H2,(H,28,32)(H,29,33). The minimum absolute atomic E-state index is 0.0175. The van der Waals surface area contributed by atoms with Crippen LogP contribution in [0.3, 0.4) is 0 Å². The Morgan fingerprint density at radius 1 is 0.829 bits per heavy atom. The van der Waals surface area contributed by atoms with Crippen LogP contribution < -0.4 is 15.6 Å². The highest BCUT2D eigenvalue weighted by Gasteiger charge is 2.45. The van der Waals surface area contributed by atoms with Gasteiger partial charge in [-0.25, -0.2) is 5.01 Å². The van der Waals surface area contributed by atoms with Crippen molar-refractivity contribution in [2.45, 2.75) is 12.5 Å². The Hall–Kier alpha value is -3.17. The lowest BCUT2D eigenvalue weighted by Crippen LogP contribution is -2.49. The Balaban J connectivity index is 1.59. The molecule has 2 N–H and O–H groups in total. The van der Waals surface area contributed by atoms with E-state index in [1.807, 2.05) is 0 Å². The van der Waals surface area contributed by atoms with Crippen LogP contribution in [-0.4, -0.2) is 33.9 Å². The van der Waals surface area contributed by atoms with Gasteiger partial charge in [-0.15, -0.1) is 0 Å². The van der Waals surface area contributed by atoms with Crippen molar-refractivity contribution in [3.05, 3.63) is 93.4 Å². The van der Waals surface area contributed by atoms with E-state index in [2.05, 4.69) is 10.7 Å². The number of carbonyl (C=O) groups is 3. The first-order chi connectivity index (χ1) is 16.7. The normalized spacial score (nSPS) is 15.3. The third kappa shape index (κ3) is 5.74. The summed E-state index contributed by atoms with van der Waals surface area (Å²) in [6.07, 6.45) is -0.271. The van der Waals surface area contributed by atoms with Gasteiger partial charge in [-0.05, 0) is 85.0 Å². The van der Waals surface area contributed by atoms with Crippen molar-refractivity contribution in [1.29, 1.82) is 0 Å². The Morgan fingerprint density at radius 3 is 1.91 bits per heavy atom. The first-order valence-corrected chi connectivity index (χ1v) is 11.8. The fourth-order valence-electron chi connectivity index (χ4n) is 3.42. The van der Waals surface area contributed by atoms with Crippen molar-refractivity contribution in [3.63, 3.8) is 0 Å². The molecule has 1 heterocycles. The lowest BCUT2D eigenvalue weighted by Gasteiger charge is -2.24. The summed E-state index contributed by atoms with van der Waals surface area (Å²) in [7, 11) is 0. The third-order valence-corrected chi connectivity index (χ3v) is 6.27. The number of nitrogens with one attached hydrogen (secondary N) is 2. The molecule has 3 aromatic carbocycles. The highest BCUT2D eigenvalue weighted by molar-refractivity contribution is 7.80. The van der Waals surface area contributed by atoms with Crippen molar-refractivity contribution in [1.82, 2.24) is 10.4 Å². The van der Waals surface area contributed by atoms with Crippen molar-refractivity contribution in [2.75, 3.05) is 10.2 Å². The summed E-state index contributed by atoms with van der Waals surface area (Å²) in [6.45, 7) is 0. The molecule has 1 saturated heterocycles. The summed E-state index contributed by atoms with van der Waals surface area (Å²) in [4.78, 5) is 40.4. The molecule has 0 bridgehead atoms. The topological polar surface area (TPSA) is 81.8 Å². The van der Waals surface area contributed by atoms with E-state index in [-0.39, 0.29) is 11.5 Å². The van der Waals surface area contributed by atoms with Gasteiger partial charge in [0.05, 0.1) is 12.1 Å². The Labute approximate surface area is 221 Å². The Bertz CT molecular complexity index is 1280. The van der Waals surface area contributed by atoms with Gasteiger partial charge in [0.15, 0.2) is 0 Å². The van der Waals surface area contributed by atoms with Crippen molar-refractivity contribution >= 4 is 81.2 Å². The molecule has 7 nitrogen and oxygen atoms in total. The second-order valence-electron chi connectivity index (χ2n) is 7.53. The van der Waals surface area contributed by atoms with Crippen LogP contribution in [0.25, 0.3) is 0 Å². The molecule has 35 heavy (non-hydrogen) atoms. The number of thiocarbonyl (C=S) groups is 1. The maximum atomic E-state index is 13.4. The van der Waals surface area contributed by atoms with E-state index < -0.39 is 23.8 Å². The summed E-state index contributed by atoms with van der Waals surface area (Å²) in [6, 6.07) is 18.2. The SMILES string of the molecule is O=C(CC1C(=O)N(c2ccc(Cl)cc2)C(=S)N1NC(=O)c1ccc(Cl)cc1)Nc1ccc(Cl)cc1. The van der Waals surface area contributed by atoms with E-state index in [9.17, 15) is 14.4 Å². The maximum absolute atomic E-state index is 13.4. The minimum Gasteiger partial charge on any atom is -0.326 e. The number of anilines is 2. The van der Waals surface area contributed by atoms with E-state index in [0.717, 1.165) is 0 Å². The molecule has 1 aliphatic heterocycles. The number of halogens is 3. The van der Waals surface area contributed by atoms with Crippen molar-refractivity contribution in [3.8, 4) is 0 Å². The van der Waals surface area contributed by atoms with Crippen LogP contribution in [0, 0.1) is 0 Å². The van der Waals surface area contributed by atoms with Gasteiger partial charge < -0.3 is 5.32 Å². The van der Waals surface area contributed by atoms with Gasteiger partial charge in [0.1, 0.15) is 6.04 Å². The number of rotatable bonds is 6. The molecule has 0 aliphatic carbocycles. The zero-order chi connectivity index (χ0) is 25.1. The molecule has 0 aromatic heterocycles. The fourth-order valence-corrected chi connectivity index (χ4v) is 4.17. The van der Waals surface area contributed by atoms with Gasteiger partial charge >= 0.3 is 0 Å². The van der Waals surface area contributed by atoms with Gasteiger partial charge in [-0.2, -0.15) is 0 Å². The van der Waals surface area contributed by atoms with Crippen LogP contribution in [-0.2, 0) is 9.59 Å². The van der Waals surface area contributed by atoms with Gasteiger partial charge in [0.2, 0.25) is 11.0 Å². The van der Waals surface area contributed by atoms with Crippen LogP contribution in [0.4, 0.5) is 11.4 Å². The van der Waals surface area contributed by atoms with Gasteiger partial charge in [0.25, 0.3) is 11.8 Å². The molecule has 11 heteroatoms. The third-order valence-electron chi connectivity index (χ3n) is 5.13. The van der Waals surface area contributed by atoms with Gasteiger partial charge in [-0.3, -0.25) is 24.7 Å². The maximum Gasteiger partial charge on any atom is 0.269 e. The van der Waals surface area contributed by atoms with Crippen LogP contribution in [0.1, 0.15) is 16.8 Å². The molecule has 1 unspecified atom stereocenters. The first-order valence-electron chi connectivity index (χ1n) is 10.3. The Kier molecular flexibility index (Phi) is 7.57. The van der Waals surface area contributed by atoms with E-state index in [1.165, 1.54) is 22.0 Å². The fraction of sp³-hybridized carbons (Fsp3) is 0.0833. The number of carbonyl (C=O) groups excluding carboxylic acids is 3. The Morgan fingerprint density at radius 2 is 1.34 bits per heavy atom. The molecular formula is C24H17Cl3N4O3S. The molecule has 3 amide bonds. The quantitative estimate of drug-likeness (QED) is 0.408. The van der Waals surface area contributed by atoms with Crippen LogP contribution in [0.5, 0.6) is 0 Å². The molecule has 1 aliphatic rings. The molecule has 0 saturated carbocycles. The van der Waals surface area contributed by atoms with Crippen molar-refractivity contribution in [2.24, 2.45) is 0 Å². The average Bonchev–Trinajstić information content (AvgIpc) is 3.05. The number of hydrazine groups is 1. The first kappa shape index (κ1) is 24.9. The second kappa shape index (κ2) is 10.6. The molecule has 1 fully saturated rings. The largest absolute Gasteiger partial charge is 0.326 e. The summed E-state index contributed by atoms with van der Waals surface area (Å²) >= 11 is 23.3. The van der Waals surface area contributed by atoms with Crippen LogP contribution in [0.15, 0.2) is 72.8 Å². The van der Waals surface area contributed by atoms with E-state index >= 15 is 0 Å². The zero-order valence-corrected chi connectivity index (χ0v) is 21.0. The highest BCUT2D eigenvalue weighted by atomic mass is 35.5. The molecular weight excluding hydrogens is 531 g/mol. The smallest absolute Gasteiger partial charge is 0.269 e. The lowest BCUT2D eigenvalue weighted by molar-refractivity contribution is -0.124. The highest BCUT2D eigenvalue weighted by Crippen LogP contribution is 2.28. The van der Waals surface area contributed by atoms with E-state index in [1.54, 1.807) is 60.7 Å². The number of hydrogen-bond acceptors (Lipinski definition) is 4. The minimum atomic E-state index is -1.08. The summed E-state index contributed by atoms with van der Waals surface area (Å²) < 4.78 is 0. The molecule has 0 spiro atoms. The van der Waals surface area contributed by atoms with E-state index in [0.29, 0.717) is 32.0 Å². The van der Waals surface area contributed by atoms with Crippen LogP contribution >= 0.6 is 47.0 Å². The molecule has 178 valence electrons. The summed E-state index contributed by atoms with van der Waals surface area (Å²) in [5.41, 5.74) is 3.93. The number of hydrogen-bond donors (Lipinski definition) is 2. The summed E-state index contributed by atoms with van der Waals surface area (Å²) in [5, 5.41) is 5.44. The lowest BCUT2D eigenvalue weighted by atomic mass is 10.1. The van der Waals surface area contributed by atoms with Crippen LogP contribution in [0.2, 0.25) is 15.1 Å². The zero-order valence-electron chi connectivity index (χ0n) is 17.9.